The van der Waals surface area contributed by atoms with Crippen molar-refractivity contribution in [1.29, 1.82) is 0 Å². The largest absolute Gasteiger partial charge is 0.633 e. The molecule has 0 bridgehead atoms. The molecule has 1 atom stereocenters. The highest BCUT2D eigenvalue weighted by molar-refractivity contribution is 5.75. The quantitative estimate of drug-likeness (QED) is 0.174. The first kappa shape index (κ1) is 25.4. The number of hydrogen-bond acceptors (Lipinski definition) is 2. The van der Waals surface area contributed by atoms with Gasteiger partial charge in [-0.05, 0) is 13.3 Å². The molecule has 0 aliphatic heterocycles. The van der Waals surface area contributed by atoms with E-state index in [1.807, 2.05) is 6.92 Å². The lowest BCUT2D eigenvalue weighted by atomic mass is 10.0. The molecule has 0 saturated carbocycles. The van der Waals surface area contributed by atoms with Gasteiger partial charge in [0.05, 0.1) is 20.1 Å². The molecular formula is C22H46N2O2. The number of amides is 1. The number of carbonyl (C=O) groups is 1. The zero-order valence-electron chi connectivity index (χ0n) is 18.0. The molecule has 26 heavy (non-hydrogen) atoms. The summed E-state index contributed by atoms with van der Waals surface area (Å²) in [5.41, 5.74) is 0. The Morgan fingerprint density at radius 2 is 1.23 bits per heavy atom. The Hall–Kier alpha value is -0.610. The second kappa shape index (κ2) is 17.8. The summed E-state index contributed by atoms with van der Waals surface area (Å²) in [4.78, 5) is 11.7. The summed E-state index contributed by atoms with van der Waals surface area (Å²) in [5, 5.41) is 14.7. The van der Waals surface area contributed by atoms with E-state index >= 15 is 0 Å². The van der Waals surface area contributed by atoms with E-state index in [9.17, 15) is 10.0 Å². The first-order chi connectivity index (χ1) is 12.5. The number of carbonyl (C=O) groups excluding carboxylic acids is 1. The summed E-state index contributed by atoms with van der Waals surface area (Å²) in [6, 6.07) is 0. The number of unbranched alkanes of at least 4 members (excludes halogenated alkanes) is 12. The third-order valence-corrected chi connectivity index (χ3v) is 5.31. The highest BCUT2D eigenvalue weighted by Gasteiger charge is 2.06. The lowest BCUT2D eigenvalue weighted by molar-refractivity contribution is -0.858. The molecule has 0 aromatic heterocycles. The molecule has 0 radical (unpaired) electrons. The number of hydrogen-bond donors (Lipinski definition) is 1. The van der Waals surface area contributed by atoms with Crippen molar-refractivity contribution in [2.75, 3.05) is 26.7 Å². The fourth-order valence-electron chi connectivity index (χ4n) is 3.19. The molecule has 156 valence electrons. The summed E-state index contributed by atoms with van der Waals surface area (Å²) in [7, 11) is 1.69. The molecule has 1 unspecified atom stereocenters. The van der Waals surface area contributed by atoms with Gasteiger partial charge in [0, 0.05) is 19.4 Å². The van der Waals surface area contributed by atoms with Gasteiger partial charge in [0.2, 0.25) is 5.91 Å². The van der Waals surface area contributed by atoms with Crippen molar-refractivity contribution in [3.63, 3.8) is 0 Å². The molecule has 0 spiro atoms. The lowest BCUT2D eigenvalue weighted by Crippen LogP contribution is -2.39. The zero-order chi connectivity index (χ0) is 19.5. The molecule has 4 heteroatoms. The van der Waals surface area contributed by atoms with Crippen LogP contribution in [0.5, 0.6) is 0 Å². The molecule has 0 fully saturated rings. The van der Waals surface area contributed by atoms with Crippen LogP contribution in [0.3, 0.4) is 0 Å². The minimum absolute atomic E-state index is 0.143. The van der Waals surface area contributed by atoms with Crippen LogP contribution in [0.4, 0.5) is 0 Å². The summed E-state index contributed by atoms with van der Waals surface area (Å²) >= 11 is 0. The molecule has 0 heterocycles. The molecule has 4 nitrogen and oxygen atoms in total. The highest BCUT2D eigenvalue weighted by atomic mass is 16.5. The van der Waals surface area contributed by atoms with Crippen LogP contribution in [0.1, 0.15) is 110 Å². The van der Waals surface area contributed by atoms with Crippen molar-refractivity contribution in [2.24, 2.45) is 0 Å². The second-order valence-corrected chi connectivity index (χ2v) is 8.03. The Labute approximate surface area is 163 Å². The first-order valence-corrected chi connectivity index (χ1v) is 11.3. The summed E-state index contributed by atoms with van der Waals surface area (Å²) < 4.78 is -0.214. The molecule has 1 amide bonds. The van der Waals surface area contributed by atoms with Gasteiger partial charge >= 0.3 is 0 Å². The van der Waals surface area contributed by atoms with Crippen LogP contribution in [-0.4, -0.2) is 37.2 Å². The Morgan fingerprint density at radius 1 is 0.769 bits per heavy atom. The number of quaternary nitrogens is 1. The van der Waals surface area contributed by atoms with Gasteiger partial charge in [-0.15, -0.1) is 0 Å². The molecular weight excluding hydrogens is 324 g/mol. The Morgan fingerprint density at radius 3 is 1.69 bits per heavy atom. The monoisotopic (exact) mass is 370 g/mol. The van der Waals surface area contributed by atoms with Crippen LogP contribution in [-0.2, 0) is 4.79 Å². The van der Waals surface area contributed by atoms with E-state index in [2.05, 4.69) is 12.2 Å². The third-order valence-electron chi connectivity index (χ3n) is 5.31. The Bertz CT molecular complexity index is 319. The van der Waals surface area contributed by atoms with Crippen molar-refractivity contribution >= 4 is 5.91 Å². The third kappa shape index (κ3) is 18.2. The van der Waals surface area contributed by atoms with E-state index in [1.165, 1.54) is 70.6 Å². The molecule has 0 aliphatic rings. The van der Waals surface area contributed by atoms with Gasteiger partial charge in [0.15, 0.2) is 0 Å². The van der Waals surface area contributed by atoms with Crippen LogP contribution >= 0.6 is 0 Å². The van der Waals surface area contributed by atoms with Crippen LogP contribution in [0.2, 0.25) is 0 Å². The molecule has 1 N–H and O–H groups in total. The molecule has 0 rings (SSSR count). The Balaban J connectivity index is 3.23. The van der Waals surface area contributed by atoms with Crippen molar-refractivity contribution in [3.05, 3.63) is 5.21 Å². The van der Waals surface area contributed by atoms with E-state index in [0.717, 1.165) is 19.3 Å². The summed E-state index contributed by atoms with van der Waals surface area (Å²) in [5.74, 6) is 0.143. The maximum Gasteiger partial charge on any atom is 0.219 e. The van der Waals surface area contributed by atoms with Gasteiger partial charge in [-0.25, -0.2) is 0 Å². The normalized spacial score (nSPS) is 13.5. The van der Waals surface area contributed by atoms with Crippen molar-refractivity contribution in [2.45, 2.75) is 110 Å². The van der Waals surface area contributed by atoms with Crippen LogP contribution in [0.25, 0.3) is 0 Å². The first-order valence-electron chi connectivity index (χ1n) is 11.3. The van der Waals surface area contributed by atoms with Crippen molar-refractivity contribution in [3.8, 4) is 0 Å². The Kier molecular flexibility index (Phi) is 17.4. The topological polar surface area (TPSA) is 52.2 Å². The number of nitrogens with zero attached hydrogens (tertiary/aromatic N) is 1. The fraction of sp³-hybridized carbons (Fsp3) is 0.955. The molecule has 0 saturated heterocycles. The minimum atomic E-state index is -0.214. The predicted octanol–water partition coefficient (Wildman–Crippen LogP) is 5.94. The zero-order valence-corrected chi connectivity index (χ0v) is 18.0. The average Bonchev–Trinajstić information content (AvgIpc) is 2.62. The molecule has 0 aromatic carbocycles. The van der Waals surface area contributed by atoms with Crippen LogP contribution in [0.15, 0.2) is 0 Å². The van der Waals surface area contributed by atoms with Crippen molar-refractivity contribution < 1.29 is 9.44 Å². The number of rotatable bonds is 19. The smallest absolute Gasteiger partial charge is 0.219 e. The van der Waals surface area contributed by atoms with Crippen LogP contribution in [0, 0.1) is 5.21 Å². The van der Waals surface area contributed by atoms with E-state index in [0.29, 0.717) is 26.1 Å². The van der Waals surface area contributed by atoms with E-state index in [4.69, 9.17) is 0 Å². The standard InChI is InChI=1S/C22H46N2O2/c1-4-6-7-8-9-10-11-12-13-14-15-16-17-19-22(25)23-20-18-21-24(3,26)5-2/h4-21H2,1-3H3,(H,23,25). The minimum Gasteiger partial charge on any atom is -0.633 e. The summed E-state index contributed by atoms with van der Waals surface area (Å²) in [6.45, 7) is 5.97. The SMILES string of the molecule is CCCCCCCCCCCCCCCC(=O)NCCC[N+](C)([O-])CC. The maximum atomic E-state index is 11.7. The van der Waals surface area contributed by atoms with Gasteiger partial charge in [0.25, 0.3) is 0 Å². The second-order valence-electron chi connectivity index (χ2n) is 8.03. The van der Waals surface area contributed by atoms with Gasteiger partial charge in [-0.3, -0.25) is 4.79 Å². The van der Waals surface area contributed by atoms with E-state index in [1.54, 1.807) is 7.05 Å². The lowest BCUT2D eigenvalue weighted by Gasteiger charge is -2.37. The van der Waals surface area contributed by atoms with Gasteiger partial charge < -0.3 is 15.2 Å². The molecule has 0 aliphatic carbocycles. The van der Waals surface area contributed by atoms with Gasteiger partial charge in [0.1, 0.15) is 0 Å². The summed E-state index contributed by atoms with van der Waals surface area (Å²) in [6.07, 6.45) is 18.6. The van der Waals surface area contributed by atoms with E-state index in [-0.39, 0.29) is 10.6 Å². The highest BCUT2D eigenvalue weighted by Crippen LogP contribution is 2.12. The van der Waals surface area contributed by atoms with Gasteiger partial charge in [-0.2, -0.15) is 0 Å². The van der Waals surface area contributed by atoms with Gasteiger partial charge in [-0.1, -0.05) is 84.0 Å². The van der Waals surface area contributed by atoms with Crippen LogP contribution < -0.4 is 5.32 Å². The average molecular weight is 371 g/mol. The number of nitrogens with one attached hydrogen (secondary N) is 1. The maximum absolute atomic E-state index is 11.7. The molecule has 0 aromatic rings. The number of hydroxylamine groups is 3. The predicted molar refractivity (Wildman–Crippen MR) is 113 cm³/mol. The van der Waals surface area contributed by atoms with E-state index < -0.39 is 0 Å². The fourth-order valence-corrected chi connectivity index (χ4v) is 3.19. The van der Waals surface area contributed by atoms with Crippen molar-refractivity contribution in [1.82, 2.24) is 5.32 Å².